The molecule has 2 aliphatic rings. The van der Waals surface area contributed by atoms with Crippen LogP contribution in [0.25, 0.3) is 16.9 Å². The van der Waals surface area contributed by atoms with Gasteiger partial charge in [-0.2, -0.15) is 18.3 Å². The first-order chi connectivity index (χ1) is 24.3. The van der Waals surface area contributed by atoms with Crippen LogP contribution in [0.4, 0.5) is 22.0 Å². The van der Waals surface area contributed by atoms with Crippen LogP contribution in [-0.4, -0.2) is 71.4 Å². The quantitative estimate of drug-likeness (QED) is 0.112. The van der Waals surface area contributed by atoms with Crippen LogP contribution >= 0.6 is 23.2 Å². The minimum absolute atomic E-state index is 0.00344. The van der Waals surface area contributed by atoms with Gasteiger partial charge < -0.3 is 29.2 Å². The molecule has 2 aliphatic heterocycles. The van der Waals surface area contributed by atoms with Crippen molar-refractivity contribution in [3.8, 4) is 16.9 Å². The molecule has 0 bridgehead atoms. The first kappa shape index (κ1) is 35.3. The fourth-order valence-corrected chi connectivity index (χ4v) is 6.28. The number of aromatic nitrogens is 6. The number of alkyl halides is 3. The Kier molecular flexibility index (Phi) is 9.57. The van der Waals surface area contributed by atoms with E-state index in [0.717, 1.165) is 35.0 Å². The van der Waals surface area contributed by atoms with Crippen LogP contribution in [0.2, 0.25) is 10.0 Å². The SMILES string of the molecule is Cc1nc(C2OC3OC(c4ccccc4)OC3C(n3cc(-c4cc(F)c(Cl)c(F)c4)nn3)C2OCC(O)O)n(-c2cc(Cl)ccc2C(F)(F)F)n1. The number of fused-ring (bicyclic) bond motifs is 1. The first-order valence-corrected chi connectivity index (χ1v) is 15.9. The Morgan fingerprint density at radius 3 is 2.39 bits per heavy atom. The van der Waals surface area contributed by atoms with Gasteiger partial charge in [-0.05, 0) is 37.3 Å². The highest BCUT2D eigenvalue weighted by atomic mass is 35.5. The van der Waals surface area contributed by atoms with Gasteiger partial charge in [-0.25, -0.2) is 23.1 Å². The maximum atomic E-state index is 14.4. The largest absolute Gasteiger partial charge is 0.418 e. The topological polar surface area (TPSA) is 139 Å². The molecule has 0 aliphatic carbocycles. The Morgan fingerprint density at radius 1 is 0.980 bits per heavy atom. The molecule has 7 rings (SSSR count). The highest BCUT2D eigenvalue weighted by molar-refractivity contribution is 6.31. The van der Waals surface area contributed by atoms with Gasteiger partial charge in [-0.3, -0.25) is 0 Å². The van der Waals surface area contributed by atoms with E-state index in [1.807, 2.05) is 0 Å². The number of aliphatic hydroxyl groups excluding tert-OH is 1. The zero-order chi connectivity index (χ0) is 36.2. The highest BCUT2D eigenvalue weighted by Crippen LogP contribution is 2.48. The van der Waals surface area contributed by atoms with E-state index in [1.165, 1.54) is 17.8 Å². The Balaban J connectivity index is 1.38. The molecule has 0 amide bonds. The van der Waals surface area contributed by atoms with E-state index in [0.29, 0.717) is 5.56 Å². The molecule has 4 heterocycles. The molecule has 0 radical (unpaired) electrons. The van der Waals surface area contributed by atoms with Crippen LogP contribution < -0.4 is 0 Å². The van der Waals surface area contributed by atoms with Gasteiger partial charge in [-0.1, -0.05) is 58.7 Å². The summed E-state index contributed by atoms with van der Waals surface area (Å²) >= 11 is 11.8. The van der Waals surface area contributed by atoms with Crippen LogP contribution in [0.3, 0.4) is 0 Å². The molecular formula is C32H25Cl2F5N6O6. The van der Waals surface area contributed by atoms with Crippen LogP contribution in [0, 0.1) is 18.6 Å². The number of aryl methyl sites for hydroxylation is 1. The molecule has 2 saturated heterocycles. The summed E-state index contributed by atoms with van der Waals surface area (Å²) in [5.74, 6) is -2.24. The Morgan fingerprint density at radius 2 is 1.71 bits per heavy atom. The molecule has 6 atom stereocenters. The van der Waals surface area contributed by atoms with Gasteiger partial charge in [0.1, 0.15) is 52.5 Å². The summed E-state index contributed by atoms with van der Waals surface area (Å²) in [6, 6.07) is 12.5. The standard InChI is InChI=1S/C32H25Cl2F5N6O6/c1-14-40-29(45(42-14)22-11-17(33)7-8-18(22)32(37,38)39)28-26(48-13-23(46)47)25(27-31(50-28)51-30(49-27)15-5-3-2-4-6-15)44-12-21(41-43-44)16-9-19(35)24(34)20(36)10-16/h2-12,23,25-28,30-31,46-47H,13H2,1H3. The van der Waals surface area contributed by atoms with E-state index >= 15 is 0 Å². The maximum Gasteiger partial charge on any atom is 0.418 e. The summed E-state index contributed by atoms with van der Waals surface area (Å²) in [5, 5.41) is 31.4. The molecule has 0 spiro atoms. The summed E-state index contributed by atoms with van der Waals surface area (Å²) in [6.45, 7) is 0.734. The number of halogens is 7. The van der Waals surface area contributed by atoms with Gasteiger partial charge in [0.25, 0.3) is 0 Å². The number of aliphatic hydroxyl groups is 2. The predicted octanol–water partition coefficient (Wildman–Crippen LogP) is 5.89. The van der Waals surface area contributed by atoms with E-state index < -0.39 is 83.9 Å². The van der Waals surface area contributed by atoms with Gasteiger partial charge in [0.2, 0.25) is 0 Å². The Hall–Kier alpha value is -4.07. The van der Waals surface area contributed by atoms with E-state index in [9.17, 15) is 32.2 Å². The van der Waals surface area contributed by atoms with Crippen molar-refractivity contribution >= 4 is 23.2 Å². The molecule has 3 aromatic carbocycles. The average molecular weight is 755 g/mol. The lowest BCUT2D eigenvalue weighted by Crippen LogP contribution is -2.52. The van der Waals surface area contributed by atoms with Crippen LogP contribution in [0.5, 0.6) is 0 Å². The maximum absolute atomic E-state index is 14.4. The van der Waals surface area contributed by atoms with Crippen LogP contribution in [0.1, 0.15) is 41.2 Å². The van der Waals surface area contributed by atoms with E-state index in [4.69, 9.17) is 42.1 Å². The number of hydrogen-bond acceptors (Lipinski definition) is 10. The zero-order valence-electron chi connectivity index (χ0n) is 26.0. The van der Waals surface area contributed by atoms with Crippen molar-refractivity contribution in [1.29, 1.82) is 0 Å². The smallest absolute Gasteiger partial charge is 0.367 e. The molecule has 6 unspecified atom stereocenters. The average Bonchev–Trinajstić information content (AvgIpc) is 3.84. The third-order valence-corrected chi connectivity index (χ3v) is 8.75. The number of hydrogen-bond donors (Lipinski definition) is 2. The molecule has 5 aromatic rings. The molecule has 2 aromatic heterocycles. The lowest BCUT2D eigenvalue weighted by Gasteiger charge is -2.42. The van der Waals surface area contributed by atoms with Gasteiger partial charge in [-0.15, -0.1) is 5.10 Å². The van der Waals surface area contributed by atoms with Crippen molar-refractivity contribution < 1.29 is 51.1 Å². The molecule has 19 heteroatoms. The summed E-state index contributed by atoms with van der Waals surface area (Å²) in [6.07, 6.45) is -11.7. The molecule has 268 valence electrons. The second kappa shape index (κ2) is 13.8. The third kappa shape index (κ3) is 6.95. The fraction of sp³-hybridized carbons (Fsp3) is 0.312. The summed E-state index contributed by atoms with van der Waals surface area (Å²) in [4.78, 5) is 4.41. The van der Waals surface area contributed by atoms with Crippen molar-refractivity contribution in [1.82, 2.24) is 29.8 Å². The van der Waals surface area contributed by atoms with Gasteiger partial charge >= 0.3 is 6.18 Å². The normalized spacial score (nSPS) is 23.6. The third-order valence-electron chi connectivity index (χ3n) is 8.15. The molecular weight excluding hydrogens is 730 g/mol. The van der Waals surface area contributed by atoms with Gasteiger partial charge in [0.05, 0.1) is 24.1 Å². The zero-order valence-corrected chi connectivity index (χ0v) is 27.5. The van der Waals surface area contributed by atoms with Crippen molar-refractivity contribution in [2.24, 2.45) is 0 Å². The van der Waals surface area contributed by atoms with Crippen LogP contribution in [0.15, 0.2) is 66.9 Å². The van der Waals surface area contributed by atoms with Gasteiger partial charge in [0, 0.05) is 16.1 Å². The summed E-state index contributed by atoms with van der Waals surface area (Å²) in [5.41, 5.74) is -0.996. The summed E-state index contributed by atoms with van der Waals surface area (Å²) < 4.78 is 98.7. The highest BCUT2D eigenvalue weighted by Gasteiger charge is 2.56. The Bertz CT molecular complexity index is 2030. The summed E-state index contributed by atoms with van der Waals surface area (Å²) in [7, 11) is 0. The second-order valence-electron chi connectivity index (χ2n) is 11.6. The first-order valence-electron chi connectivity index (χ1n) is 15.1. The minimum Gasteiger partial charge on any atom is -0.367 e. The lowest BCUT2D eigenvalue weighted by atomic mass is 9.95. The van der Waals surface area contributed by atoms with Crippen molar-refractivity contribution in [2.45, 2.75) is 56.3 Å². The molecule has 12 nitrogen and oxygen atoms in total. The lowest BCUT2D eigenvalue weighted by molar-refractivity contribution is -0.254. The minimum atomic E-state index is -4.84. The van der Waals surface area contributed by atoms with Gasteiger partial charge in [0.15, 0.2) is 24.7 Å². The number of nitrogens with zero attached hydrogens (tertiary/aromatic N) is 6. The molecule has 0 saturated carbocycles. The van der Waals surface area contributed by atoms with Crippen molar-refractivity contribution in [3.05, 3.63) is 111 Å². The van der Waals surface area contributed by atoms with E-state index in [-0.39, 0.29) is 27.9 Å². The number of rotatable bonds is 8. The number of ether oxygens (including phenoxy) is 4. The molecule has 2 fully saturated rings. The second-order valence-corrected chi connectivity index (χ2v) is 12.4. The fourth-order valence-electron chi connectivity index (χ4n) is 6.01. The number of benzene rings is 3. The molecule has 51 heavy (non-hydrogen) atoms. The van der Waals surface area contributed by atoms with Crippen LogP contribution in [-0.2, 0) is 25.1 Å². The predicted molar refractivity (Wildman–Crippen MR) is 166 cm³/mol. The Labute approximate surface area is 294 Å². The van der Waals surface area contributed by atoms with Crippen molar-refractivity contribution in [3.63, 3.8) is 0 Å². The monoisotopic (exact) mass is 754 g/mol. The van der Waals surface area contributed by atoms with Crippen molar-refractivity contribution in [2.75, 3.05) is 6.61 Å². The van der Waals surface area contributed by atoms with E-state index in [1.54, 1.807) is 30.3 Å². The van der Waals surface area contributed by atoms with E-state index in [2.05, 4.69) is 20.4 Å². The molecule has 2 N–H and O–H groups in total.